The van der Waals surface area contributed by atoms with Gasteiger partial charge in [-0.05, 0) is 62.4 Å². The Morgan fingerprint density at radius 1 is 0.780 bits per heavy atom. The molecule has 1 saturated heterocycles. The lowest BCUT2D eigenvalue weighted by Gasteiger charge is -2.35. The van der Waals surface area contributed by atoms with Crippen LogP contribution in [0.4, 0.5) is 11.8 Å². The predicted octanol–water partition coefficient (Wildman–Crippen LogP) is 5.16. The van der Waals surface area contributed by atoms with Crippen molar-refractivity contribution >= 4 is 11.8 Å². The van der Waals surface area contributed by atoms with E-state index in [0.717, 1.165) is 82.9 Å². The number of anilines is 2. The highest BCUT2D eigenvalue weighted by molar-refractivity contribution is 5.45. The maximum Gasteiger partial charge on any atom is 0.225 e. The SMILES string of the molecule is Cc1cc(N2CCN(CCc3ccccc3)CC2)nc(NCc2ccc(CNCCCNC3CCCCC3)cc2)n1. The van der Waals surface area contributed by atoms with E-state index in [2.05, 4.69) is 98.3 Å². The molecule has 0 bridgehead atoms. The highest BCUT2D eigenvalue weighted by Gasteiger charge is 2.19. The van der Waals surface area contributed by atoms with Crippen molar-refractivity contribution in [1.29, 1.82) is 0 Å². The number of hydrogen-bond donors (Lipinski definition) is 3. The molecule has 0 unspecified atom stereocenters. The van der Waals surface area contributed by atoms with Crippen LogP contribution in [0.2, 0.25) is 0 Å². The second-order valence-electron chi connectivity index (χ2n) is 11.7. The van der Waals surface area contributed by atoms with Crippen LogP contribution in [0.1, 0.15) is 60.9 Å². The van der Waals surface area contributed by atoms with E-state index in [1.54, 1.807) is 0 Å². The molecule has 1 saturated carbocycles. The highest BCUT2D eigenvalue weighted by Crippen LogP contribution is 2.19. The third-order valence-electron chi connectivity index (χ3n) is 8.47. The Labute approximate surface area is 247 Å². The lowest BCUT2D eigenvalue weighted by Crippen LogP contribution is -2.47. The normalized spacial score (nSPS) is 16.7. The molecule has 2 heterocycles. The fourth-order valence-corrected chi connectivity index (χ4v) is 5.94. The van der Waals surface area contributed by atoms with Crippen LogP contribution in [0.3, 0.4) is 0 Å². The maximum absolute atomic E-state index is 4.87. The van der Waals surface area contributed by atoms with Gasteiger partial charge in [0.1, 0.15) is 5.82 Å². The molecule has 1 aromatic heterocycles. The molecule has 41 heavy (non-hydrogen) atoms. The lowest BCUT2D eigenvalue weighted by atomic mass is 9.95. The summed E-state index contributed by atoms with van der Waals surface area (Å²) in [7, 11) is 0. The number of aryl methyl sites for hydroxylation is 1. The van der Waals surface area contributed by atoms with E-state index in [0.29, 0.717) is 5.95 Å². The fourth-order valence-electron chi connectivity index (χ4n) is 5.94. The first kappa shape index (κ1) is 29.5. The van der Waals surface area contributed by atoms with Gasteiger partial charge in [-0.25, -0.2) is 4.98 Å². The van der Waals surface area contributed by atoms with Gasteiger partial charge in [0, 0.05) is 63.6 Å². The van der Waals surface area contributed by atoms with Gasteiger partial charge >= 0.3 is 0 Å². The molecule has 3 N–H and O–H groups in total. The Morgan fingerprint density at radius 3 is 2.27 bits per heavy atom. The minimum atomic E-state index is 0.707. The summed E-state index contributed by atoms with van der Waals surface area (Å²) in [6.45, 7) is 11.1. The van der Waals surface area contributed by atoms with E-state index >= 15 is 0 Å². The summed E-state index contributed by atoms with van der Waals surface area (Å²) in [5, 5.41) is 10.8. The van der Waals surface area contributed by atoms with E-state index in [-0.39, 0.29) is 0 Å². The van der Waals surface area contributed by atoms with Crippen LogP contribution in [0.5, 0.6) is 0 Å². The summed E-state index contributed by atoms with van der Waals surface area (Å²) in [6.07, 6.45) is 9.22. The topological polar surface area (TPSA) is 68.3 Å². The molecular formula is C34H49N7. The largest absolute Gasteiger partial charge is 0.354 e. The molecule has 7 nitrogen and oxygen atoms in total. The molecule has 0 amide bonds. The van der Waals surface area contributed by atoms with Crippen LogP contribution < -0.4 is 20.9 Å². The van der Waals surface area contributed by atoms with Gasteiger partial charge in [0.25, 0.3) is 0 Å². The average molecular weight is 556 g/mol. The first-order valence-corrected chi connectivity index (χ1v) is 15.8. The third-order valence-corrected chi connectivity index (χ3v) is 8.47. The Balaban J connectivity index is 1.00. The van der Waals surface area contributed by atoms with E-state index in [4.69, 9.17) is 4.98 Å². The first-order valence-electron chi connectivity index (χ1n) is 15.8. The van der Waals surface area contributed by atoms with Gasteiger partial charge in [0.2, 0.25) is 5.95 Å². The van der Waals surface area contributed by atoms with Crippen molar-refractivity contribution in [2.45, 2.75) is 71.0 Å². The summed E-state index contributed by atoms with van der Waals surface area (Å²) >= 11 is 0. The number of hydrogen-bond acceptors (Lipinski definition) is 7. The van der Waals surface area contributed by atoms with Crippen LogP contribution in [0.25, 0.3) is 0 Å². The van der Waals surface area contributed by atoms with Gasteiger partial charge in [0.15, 0.2) is 0 Å². The van der Waals surface area contributed by atoms with Crippen molar-refractivity contribution in [3.8, 4) is 0 Å². The zero-order valence-corrected chi connectivity index (χ0v) is 25.0. The minimum Gasteiger partial charge on any atom is -0.354 e. The van der Waals surface area contributed by atoms with Gasteiger partial charge in [-0.15, -0.1) is 0 Å². The molecule has 3 aromatic rings. The molecular weight excluding hydrogens is 506 g/mol. The van der Waals surface area contributed by atoms with Crippen molar-refractivity contribution in [1.82, 2.24) is 25.5 Å². The molecule has 7 heteroatoms. The van der Waals surface area contributed by atoms with Gasteiger partial charge in [0.05, 0.1) is 0 Å². The molecule has 1 aliphatic carbocycles. The van der Waals surface area contributed by atoms with Gasteiger partial charge in [-0.3, -0.25) is 4.90 Å². The summed E-state index contributed by atoms with van der Waals surface area (Å²) < 4.78 is 0. The Kier molecular flexibility index (Phi) is 11.4. The predicted molar refractivity (Wildman–Crippen MR) is 171 cm³/mol. The van der Waals surface area contributed by atoms with E-state index in [1.165, 1.54) is 55.2 Å². The second kappa shape index (κ2) is 15.9. The standard InChI is InChI=1S/C34H49N7/c1-28-25-33(41-23-21-40(22-24-41)20-17-29-9-4-2-5-10-29)39-34(38-28)37-27-31-15-13-30(14-16-31)26-35-18-8-19-36-32-11-6-3-7-12-32/h2,4-5,9-10,13-16,25,32,35-36H,3,6-8,11-12,17-24,26-27H2,1H3,(H,37,38,39). The molecule has 1 aliphatic heterocycles. The molecule has 2 aromatic carbocycles. The zero-order chi connectivity index (χ0) is 28.1. The van der Waals surface area contributed by atoms with Gasteiger partial charge < -0.3 is 20.9 Å². The quantitative estimate of drug-likeness (QED) is 0.237. The van der Waals surface area contributed by atoms with Crippen LogP contribution in [0, 0.1) is 6.92 Å². The van der Waals surface area contributed by atoms with Crippen molar-refractivity contribution < 1.29 is 0 Å². The molecule has 220 valence electrons. The molecule has 2 fully saturated rings. The highest BCUT2D eigenvalue weighted by atomic mass is 15.3. The van der Waals surface area contributed by atoms with Crippen LogP contribution in [0.15, 0.2) is 60.7 Å². The number of aromatic nitrogens is 2. The first-order chi connectivity index (χ1) is 20.2. The summed E-state index contributed by atoms with van der Waals surface area (Å²) in [5.41, 5.74) is 4.98. The number of rotatable bonds is 14. The van der Waals surface area contributed by atoms with Crippen LogP contribution in [-0.2, 0) is 19.5 Å². The smallest absolute Gasteiger partial charge is 0.225 e. The number of benzene rings is 2. The summed E-state index contributed by atoms with van der Waals surface area (Å²) in [6, 6.07) is 22.5. The maximum atomic E-state index is 4.87. The van der Waals surface area contributed by atoms with Gasteiger partial charge in [-0.1, -0.05) is 73.9 Å². The van der Waals surface area contributed by atoms with Crippen molar-refractivity contribution in [3.63, 3.8) is 0 Å². The van der Waals surface area contributed by atoms with Crippen molar-refractivity contribution in [2.24, 2.45) is 0 Å². The number of nitrogens with one attached hydrogen (secondary N) is 3. The molecule has 0 radical (unpaired) electrons. The zero-order valence-electron chi connectivity index (χ0n) is 25.0. The molecule has 0 atom stereocenters. The van der Waals surface area contributed by atoms with Crippen LogP contribution >= 0.6 is 0 Å². The molecule has 5 rings (SSSR count). The minimum absolute atomic E-state index is 0.707. The third kappa shape index (κ3) is 9.80. The summed E-state index contributed by atoms with van der Waals surface area (Å²) in [4.78, 5) is 14.5. The van der Waals surface area contributed by atoms with Gasteiger partial charge in [-0.2, -0.15) is 4.98 Å². The van der Waals surface area contributed by atoms with E-state index in [9.17, 15) is 0 Å². The molecule has 2 aliphatic rings. The summed E-state index contributed by atoms with van der Waals surface area (Å²) in [5.74, 6) is 1.73. The Morgan fingerprint density at radius 2 is 1.51 bits per heavy atom. The Bertz CT molecular complexity index is 1150. The van der Waals surface area contributed by atoms with Crippen molar-refractivity contribution in [3.05, 3.63) is 83.0 Å². The number of nitrogens with zero attached hydrogens (tertiary/aromatic N) is 4. The Hall–Kier alpha value is -3.00. The van der Waals surface area contributed by atoms with E-state index in [1.807, 2.05) is 0 Å². The van der Waals surface area contributed by atoms with Crippen molar-refractivity contribution in [2.75, 3.05) is 56.0 Å². The molecule has 0 spiro atoms. The monoisotopic (exact) mass is 555 g/mol. The fraction of sp³-hybridized carbons (Fsp3) is 0.529. The lowest BCUT2D eigenvalue weighted by molar-refractivity contribution is 0.260. The van der Waals surface area contributed by atoms with Crippen LogP contribution in [-0.4, -0.2) is 66.7 Å². The average Bonchev–Trinajstić information content (AvgIpc) is 3.02. The second-order valence-corrected chi connectivity index (χ2v) is 11.7. The van der Waals surface area contributed by atoms with E-state index < -0.39 is 0 Å². The number of piperazine rings is 1.